The van der Waals surface area contributed by atoms with Crippen molar-refractivity contribution in [3.8, 4) is 22.3 Å². The lowest BCUT2D eigenvalue weighted by Gasteiger charge is -2.24. The van der Waals surface area contributed by atoms with Crippen LogP contribution in [0.2, 0.25) is 0 Å². The van der Waals surface area contributed by atoms with E-state index in [1.165, 1.54) is 32.7 Å². The first kappa shape index (κ1) is 29.2. The Labute approximate surface area is 295 Å². The molecule has 2 heterocycles. The minimum atomic E-state index is -0.306. The number of benzene rings is 8. The molecule has 0 amide bonds. The molecule has 0 saturated carbocycles. The van der Waals surface area contributed by atoms with E-state index in [9.17, 15) is 0 Å². The van der Waals surface area contributed by atoms with Crippen LogP contribution in [-0.4, -0.2) is 11.7 Å². The van der Waals surface area contributed by atoms with Crippen molar-refractivity contribution in [1.82, 2.24) is 5.32 Å². The van der Waals surface area contributed by atoms with Crippen LogP contribution < -0.4 is 5.32 Å². The highest BCUT2D eigenvalue weighted by Gasteiger charge is 2.24. The molecule has 0 radical (unpaired) electrons. The highest BCUT2D eigenvalue weighted by Crippen LogP contribution is 2.34. The van der Waals surface area contributed by atoms with Crippen LogP contribution in [0.3, 0.4) is 0 Å². The number of fused-ring (bicyclic) bond motifs is 5. The van der Waals surface area contributed by atoms with Gasteiger partial charge in [0, 0.05) is 21.9 Å². The lowest BCUT2D eigenvalue weighted by Crippen LogP contribution is -2.33. The first-order chi connectivity index (χ1) is 25.2. The first-order valence-corrected chi connectivity index (χ1v) is 17.3. The molecule has 240 valence electrons. The summed E-state index contributed by atoms with van der Waals surface area (Å²) in [5, 5.41) is 10.7. The maximum absolute atomic E-state index is 6.24. The number of rotatable bonds is 5. The molecule has 4 heteroatoms. The first-order valence-electron chi connectivity index (χ1n) is 17.3. The van der Waals surface area contributed by atoms with Gasteiger partial charge in [-0.25, -0.2) is 9.98 Å². The Bertz CT molecular complexity index is 2850. The number of nitrogens with zero attached hydrogens (tertiary/aromatic N) is 2. The molecule has 1 aliphatic heterocycles. The van der Waals surface area contributed by atoms with Gasteiger partial charge < -0.3 is 9.73 Å². The van der Waals surface area contributed by atoms with Gasteiger partial charge in [-0.15, -0.1) is 0 Å². The van der Waals surface area contributed by atoms with Crippen LogP contribution in [0, 0.1) is 0 Å². The van der Waals surface area contributed by atoms with Crippen LogP contribution in [-0.2, 0) is 0 Å². The Morgan fingerprint density at radius 1 is 0.451 bits per heavy atom. The smallest absolute Gasteiger partial charge is 0.159 e. The summed E-state index contributed by atoms with van der Waals surface area (Å²) in [6.45, 7) is 0. The third-order valence-corrected chi connectivity index (χ3v) is 9.89. The van der Waals surface area contributed by atoms with Crippen molar-refractivity contribution >= 4 is 55.2 Å². The number of amidine groups is 2. The van der Waals surface area contributed by atoms with E-state index < -0.39 is 0 Å². The van der Waals surface area contributed by atoms with E-state index in [4.69, 9.17) is 14.4 Å². The standard InChI is InChI=1S/C47H31N3O/c1-2-11-32(12-3-1)45-48-46(50-47(49-45)41-17-9-19-43-44(41)40-16-6-7-18-42(40)51-43)38-15-8-14-34(27-38)36-24-21-31-22-25-37(29-39(31)28-36)35-23-20-30-10-4-5-13-33(30)26-35/h1-29,45H,(H,48,49,50). The molecule has 4 nitrogen and oxygen atoms in total. The molecule has 1 aliphatic rings. The average Bonchev–Trinajstić information content (AvgIpc) is 3.59. The fourth-order valence-electron chi connectivity index (χ4n) is 7.31. The number of hydrogen-bond acceptors (Lipinski definition) is 4. The van der Waals surface area contributed by atoms with E-state index in [0.29, 0.717) is 5.84 Å². The fourth-order valence-corrected chi connectivity index (χ4v) is 7.31. The van der Waals surface area contributed by atoms with Gasteiger partial charge in [0.15, 0.2) is 5.84 Å². The summed E-state index contributed by atoms with van der Waals surface area (Å²) in [6.07, 6.45) is -0.306. The maximum atomic E-state index is 6.24. The van der Waals surface area contributed by atoms with Crippen molar-refractivity contribution in [3.05, 3.63) is 193 Å². The molecule has 1 aromatic heterocycles. The van der Waals surface area contributed by atoms with E-state index in [0.717, 1.165) is 55.6 Å². The topological polar surface area (TPSA) is 49.9 Å². The zero-order chi connectivity index (χ0) is 33.7. The molecular weight excluding hydrogens is 623 g/mol. The predicted octanol–water partition coefficient (Wildman–Crippen LogP) is 11.7. The van der Waals surface area contributed by atoms with Gasteiger partial charge in [-0.3, -0.25) is 0 Å². The highest BCUT2D eigenvalue weighted by molar-refractivity contribution is 6.21. The van der Waals surface area contributed by atoms with Gasteiger partial charge in [0.25, 0.3) is 0 Å². The molecule has 1 unspecified atom stereocenters. The molecule has 1 N–H and O–H groups in total. The summed E-state index contributed by atoms with van der Waals surface area (Å²) in [5.41, 5.74) is 9.39. The minimum absolute atomic E-state index is 0.306. The molecule has 0 bridgehead atoms. The molecule has 1 atom stereocenters. The second-order valence-electron chi connectivity index (χ2n) is 13.1. The van der Waals surface area contributed by atoms with Crippen molar-refractivity contribution in [2.24, 2.45) is 9.98 Å². The molecule has 0 fully saturated rings. The second-order valence-corrected chi connectivity index (χ2v) is 13.1. The lowest BCUT2D eigenvalue weighted by molar-refractivity contribution is 0.667. The van der Waals surface area contributed by atoms with E-state index in [2.05, 4.69) is 133 Å². The van der Waals surface area contributed by atoms with Crippen LogP contribution >= 0.6 is 0 Å². The van der Waals surface area contributed by atoms with Gasteiger partial charge >= 0.3 is 0 Å². The van der Waals surface area contributed by atoms with Gasteiger partial charge in [-0.2, -0.15) is 0 Å². The predicted molar refractivity (Wildman–Crippen MR) is 211 cm³/mol. The van der Waals surface area contributed by atoms with Crippen molar-refractivity contribution in [3.63, 3.8) is 0 Å². The zero-order valence-corrected chi connectivity index (χ0v) is 27.6. The summed E-state index contributed by atoms with van der Waals surface area (Å²) < 4.78 is 6.24. The summed E-state index contributed by atoms with van der Waals surface area (Å²) in [6, 6.07) is 61.9. The summed E-state index contributed by atoms with van der Waals surface area (Å²) in [5.74, 6) is 1.45. The number of hydrogen-bond donors (Lipinski definition) is 1. The third kappa shape index (κ3) is 5.25. The van der Waals surface area contributed by atoms with Gasteiger partial charge in [0.1, 0.15) is 23.2 Å². The molecule has 8 aromatic carbocycles. The minimum Gasteiger partial charge on any atom is -0.456 e. The van der Waals surface area contributed by atoms with Crippen molar-refractivity contribution in [2.45, 2.75) is 6.17 Å². The van der Waals surface area contributed by atoms with E-state index in [1.54, 1.807) is 0 Å². The second kappa shape index (κ2) is 12.0. The normalized spacial score (nSPS) is 14.5. The zero-order valence-electron chi connectivity index (χ0n) is 27.6. The molecule has 10 rings (SSSR count). The Morgan fingerprint density at radius 2 is 1.06 bits per heavy atom. The van der Waals surface area contributed by atoms with Crippen LogP contribution in [0.5, 0.6) is 0 Å². The van der Waals surface area contributed by atoms with Gasteiger partial charge in [0.2, 0.25) is 0 Å². The maximum Gasteiger partial charge on any atom is 0.159 e. The average molecular weight is 654 g/mol. The summed E-state index contributed by atoms with van der Waals surface area (Å²) >= 11 is 0. The van der Waals surface area contributed by atoms with E-state index in [-0.39, 0.29) is 6.17 Å². The van der Waals surface area contributed by atoms with Crippen molar-refractivity contribution in [1.29, 1.82) is 0 Å². The Hall–Kier alpha value is -6.78. The molecule has 0 saturated heterocycles. The number of aliphatic imine (C=N–C) groups is 2. The lowest BCUT2D eigenvalue weighted by atomic mass is 9.96. The molecule has 0 aliphatic carbocycles. The third-order valence-electron chi connectivity index (χ3n) is 9.89. The molecule has 0 spiro atoms. The molecular formula is C47H31N3O. The quantitative estimate of drug-likeness (QED) is 0.201. The largest absolute Gasteiger partial charge is 0.456 e. The van der Waals surface area contributed by atoms with Crippen LogP contribution in [0.4, 0.5) is 0 Å². The van der Waals surface area contributed by atoms with E-state index >= 15 is 0 Å². The van der Waals surface area contributed by atoms with Crippen LogP contribution in [0.1, 0.15) is 22.9 Å². The van der Waals surface area contributed by atoms with Crippen molar-refractivity contribution < 1.29 is 4.42 Å². The number of furan rings is 1. The van der Waals surface area contributed by atoms with Crippen LogP contribution in [0.25, 0.3) is 65.7 Å². The SMILES string of the molecule is c1ccc(C2N=C(c3cccc(-c4ccc5ccc(-c6ccc7ccccc7c6)cc5c4)c3)N=C(c3cccc4oc5ccccc5c34)N2)cc1. The summed E-state index contributed by atoms with van der Waals surface area (Å²) in [4.78, 5) is 10.4. The van der Waals surface area contributed by atoms with Gasteiger partial charge in [0.05, 0.1) is 0 Å². The van der Waals surface area contributed by atoms with Gasteiger partial charge in [-0.05, 0) is 85.8 Å². The molecule has 51 heavy (non-hydrogen) atoms. The highest BCUT2D eigenvalue weighted by atomic mass is 16.3. The van der Waals surface area contributed by atoms with Crippen molar-refractivity contribution in [2.75, 3.05) is 0 Å². The Kier molecular flexibility index (Phi) is 6.85. The Balaban J connectivity index is 1.06. The monoisotopic (exact) mass is 653 g/mol. The van der Waals surface area contributed by atoms with E-state index in [1.807, 2.05) is 48.5 Å². The van der Waals surface area contributed by atoms with Gasteiger partial charge in [-0.1, -0.05) is 140 Å². The van der Waals surface area contributed by atoms with Crippen LogP contribution in [0.15, 0.2) is 190 Å². The molecule has 9 aromatic rings. The Morgan fingerprint density at radius 3 is 1.86 bits per heavy atom. The fraction of sp³-hybridized carbons (Fsp3) is 0.0213. The number of para-hydroxylation sites is 1. The summed E-state index contributed by atoms with van der Waals surface area (Å²) in [7, 11) is 0. The number of nitrogens with one attached hydrogen (secondary N) is 1.